The fraction of sp³-hybridized carbons (Fsp3) is 0.222. The molecule has 2 aromatic heterocycles. The molecule has 0 saturated heterocycles. The summed E-state index contributed by atoms with van der Waals surface area (Å²) in [5.41, 5.74) is 6.41. The van der Waals surface area contributed by atoms with Crippen molar-refractivity contribution in [3.05, 3.63) is 30.4 Å². The van der Waals surface area contributed by atoms with E-state index in [0.29, 0.717) is 12.4 Å². The monoisotopic (exact) mass is 189 g/mol. The van der Waals surface area contributed by atoms with Gasteiger partial charge in [-0.2, -0.15) is 5.10 Å². The van der Waals surface area contributed by atoms with Gasteiger partial charge >= 0.3 is 0 Å². The molecule has 0 radical (unpaired) electrons. The maximum atomic E-state index is 5.50. The van der Waals surface area contributed by atoms with Crippen molar-refractivity contribution in [1.29, 1.82) is 0 Å². The van der Waals surface area contributed by atoms with E-state index in [4.69, 9.17) is 5.73 Å². The largest absolute Gasteiger partial charge is 0.324 e. The third-order valence-corrected chi connectivity index (χ3v) is 1.96. The van der Waals surface area contributed by atoms with Gasteiger partial charge in [-0.3, -0.25) is 9.67 Å². The summed E-state index contributed by atoms with van der Waals surface area (Å²) in [6.07, 6.45) is 3.45. The van der Waals surface area contributed by atoms with Gasteiger partial charge in [0.2, 0.25) is 0 Å². The summed E-state index contributed by atoms with van der Waals surface area (Å²) >= 11 is 0. The zero-order valence-corrected chi connectivity index (χ0v) is 7.88. The molecule has 0 saturated carbocycles. The fourth-order valence-corrected chi connectivity index (χ4v) is 1.21. The molecule has 0 atom stereocenters. The molecule has 2 N–H and O–H groups in total. The number of aromatic nitrogens is 4. The highest BCUT2D eigenvalue weighted by Crippen LogP contribution is 2.12. The van der Waals surface area contributed by atoms with Crippen LogP contribution in [-0.4, -0.2) is 19.7 Å². The molecule has 2 aromatic rings. The van der Waals surface area contributed by atoms with Crippen LogP contribution in [0.2, 0.25) is 0 Å². The van der Waals surface area contributed by atoms with Crippen molar-refractivity contribution in [3.63, 3.8) is 0 Å². The summed E-state index contributed by atoms with van der Waals surface area (Å²) in [4.78, 5) is 8.29. The van der Waals surface area contributed by atoms with Crippen molar-refractivity contribution < 1.29 is 0 Å². The van der Waals surface area contributed by atoms with E-state index in [-0.39, 0.29) is 0 Å². The van der Waals surface area contributed by atoms with E-state index in [0.717, 1.165) is 11.4 Å². The number of aryl methyl sites for hydroxylation is 1. The number of rotatable bonds is 2. The van der Waals surface area contributed by atoms with Crippen LogP contribution >= 0.6 is 0 Å². The van der Waals surface area contributed by atoms with Crippen LogP contribution in [0.1, 0.15) is 5.82 Å². The van der Waals surface area contributed by atoms with Crippen molar-refractivity contribution in [2.45, 2.75) is 6.54 Å². The Bertz CT molecular complexity index is 420. The summed E-state index contributed by atoms with van der Waals surface area (Å²) in [6, 6.07) is 3.77. The van der Waals surface area contributed by atoms with E-state index >= 15 is 0 Å². The highest BCUT2D eigenvalue weighted by Gasteiger charge is 2.06. The SMILES string of the molecule is Cn1nc(-c2cccnc2)nc1CN. The van der Waals surface area contributed by atoms with Crippen LogP contribution in [0.4, 0.5) is 0 Å². The lowest BCUT2D eigenvalue weighted by Gasteiger charge is -1.91. The van der Waals surface area contributed by atoms with Gasteiger partial charge < -0.3 is 5.73 Å². The maximum absolute atomic E-state index is 5.50. The standard InChI is InChI=1S/C9H11N5/c1-14-8(5-10)12-9(13-14)7-3-2-4-11-6-7/h2-4,6H,5,10H2,1H3. The first-order valence-electron chi connectivity index (χ1n) is 4.31. The van der Waals surface area contributed by atoms with Crippen molar-refractivity contribution >= 4 is 0 Å². The van der Waals surface area contributed by atoms with Crippen LogP contribution in [-0.2, 0) is 13.6 Å². The Kier molecular flexibility index (Phi) is 2.24. The minimum Gasteiger partial charge on any atom is -0.324 e. The number of hydrogen-bond acceptors (Lipinski definition) is 4. The van der Waals surface area contributed by atoms with Gasteiger partial charge in [0.05, 0.1) is 6.54 Å². The first-order valence-corrected chi connectivity index (χ1v) is 4.31. The third-order valence-electron chi connectivity index (χ3n) is 1.96. The van der Waals surface area contributed by atoms with Crippen LogP contribution < -0.4 is 5.73 Å². The molecule has 0 aliphatic heterocycles. The Morgan fingerprint density at radius 3 is 2.93 bits per heavy atom. The maximum Gasteiger partial charge on any atom is 0.182 e. The molecule has 5 nitrogen and oxygen atoms in total. The van der Waals surface area contributed by atoms with Crippen molar-refractivity contribution in [2.75, 3.05) is 0 Å². The van der Waals surface area contributed by atoms with Crippen LogP contribution in [0.25, 0.3) is 11.4 Å². The molecule has 14 heavy (non-hydrogen) atoms. The first-order chi connectivity index (χ1) is 6.81. The number of pyridine rings is 1. The van der Waals surface area contributed by atoms with E-state index in [2.05, 4.69) is 15.1 Å². The summed E-state index contributed by atoms with van der Waals surface area (Å²) in [5.74, 6) is 1.44. The molecule has 0 spiro atoms. The number of nitrogens with two attached hydrogens (primary N) is 1. The number of nitrogens with zero attached hydrogens (tertiary/aromatic N) is 4. The van der Waals surface area contributed by atoms with Crippen LogP contribution in [0.3, 0.4) is 0 Å². The second-order valence-corrected chi connectivity index (χ2v) is 2.92. The molecule has 0 aliphatic carbocycles. The van der Waals surface area contributed by atoms with Gasteiger partial charge in [0.25, 0.3) is 0 Å². The molecule has 0 amide bonds. The predicted molar refractivity (Wildman–Crippen MR) is 52.1 cm³/mol. The van der Waals surface area contributed by atoms with E-state index in [1.54, 1.807) is 17.1 Å². The molecule has 2 heterocycles. The summed E-state index contributed by atoms with van der Waals surface area (Å²) in [6.45, 7) is 0.393. The average molecular weight is 189 g/mol. The number of hydrogen-bond donors (Lipinski definition) is 1. The smallest absolute Gasteiger partial charge is 0.182 e. The lowest BCUT2D eigenvalue weighted by Crippen LogP contribution is -2.05. The van der Waals surface area contributed by atoms with E-state index < -0.39 is 0 Å². The Labute approximate surface area is 81.6 Å². The van der Waals surface area contributed by atoms with Gasteiger partial charge in [-0.1, -0.05) is 0 Å². The third kappa shape index (κ3) is 1.49. The first kappa shape index (κ1) is 8.83. The Balaban J connectivity index is 2.43. The molecule has 0 unspecified atom stereocenters. The van der Waals surface area contributed by atoms with Gasteiger partial charge in [0, 0.05) is 25.0 Å². The minimum absolute atomic E-state index is 0.393. The van der Waals surface area contributed by atoms with Gasteiger partial charge in [0.1, 0.15) is 5.82 Å². The normalized spacial score (nSPS) is 10.4. The molecule has 2 rings (SSSR count). The second kappa shape index (κ2) is 3.55. The topological polar surface area (TPSA) is 69.6 Å². The second-order valence-electron chi connectivity index (χ2n) is 2.92. The summed E-state index contributed by atoms with van der Waals surface area (Å²) in [7, 11) is 1.83. The highest BCUT2D eigenvalue weighted by atomic mass is 15.3. The molecule has 0 aliphatic rings. The molecule has 0 fully saturated rings. The van der Waals surface area contributed by atoms with Crippen LogP contribution in [0, 0.1) is 0 Å². The lowest BCUT2D eigenvalue weighted by molar-refractivity contribution is 0.703. The van der Waals surface area contributed by atoms with E-state index in [9.17, 15) is 0 Å². The van der Waals surface area contributed by atoms with Crippen molar-refractivity contribution in [3.8, 4) is 11.4 Å². The molecule has 72 valence electrons. The average Bonchev–Trinajstić information content (AvgIpc) is 2.61. The minimum atomic E-state index is 0.393. The molecule has 0 aromatic carbocycles. The summed E-state index contributed by atoms with van der Waals surface area (Å²) < 4.78 is 1.68. The van der Waals surface area contributed by atoms with Crippen molar-refractivity contribution in [1.82, 2.24) is 19.7 Å². The molecular formula is C9H11N5. The van der Waals surface area contributed by atoms with Crippen LogP contribution in [0.15, 0.2) is 24.5 Å². The zero-order chi connectivity index (χ0) is 9.97. The molecule has 0 bridgehead atoms. The zero-order valence-electron chi connectivity index (χ0n) is 7.88. The Morgan fingerprint density at radius 2 is 2.36 bits per heavy atom. The molecule has 5 heteroatoms. The fourth-order valence-electron chi connectivity index (χ4n) is 1.21. The van der Waals surface area contributed by atoms with Crippen molar-refractivity contribution in [2.24, 2.45) is 12.8 Å². The van der Waals surface area contributed by atoms with Gasteiger partial charge in [-0.25, -0.2) is 4.98 Å². The van der Waals surface area contributed by atoms with Gasteiger partial charge in [-0.15, -0.1) is 0 Å². The summed E-state index contributed by atoms with van der Waals surface area (Å²) in [5, 5.41) is 4.24. The van der Waals surface area contributed by atoms with Gasteiger partial charge in [0.15, 0.2) is 5.82 Å². The van der Waals surface area contributed by atoms with E-state index in [1.807, 2.05) is 19.2 Å². The lowest BCUT2D eigenvalue weighted by atomic mass is 10.3. The Morgan fingerprint density at radius 1 is 1.50 bits per heavy atom. The Hall–Kier alpha value is -1.75. The highest BCUT2D eigenvalue weighted by molar-refractivity contribution is 5.52. The predicted octanol–water partition coefficient (Wildman–Crippen LogP) is 0.336. The van der Waals surface area contributed by atoms with Gasteiger partial charge in [-0.05, 0) is 12.1 Å². The van der Waals surface area contributed by atoms with E-state index in [1.165, 1.54) is 0 Å². The molecular weight excluding hydrogens is 178 g/mol. The quantitative estimate of drug-likeness (QED) is 0.739. The van der Waals surface area contributed by atoms with Crippen LogP contribution in [0.5, 0.6) is 0 Å².